The minimum absolute atomic E-state index is 0.255. The minimum Gasteiger partial charge on any atom is -0.417 e. The van der Waals surface area contributed by atoms with Gasteiger partial charge in [-0.3, -0.25) is 0 Å². The fraction of sp³-hybridized carbons (Fsp3) is 1.00. The van der Waals surface area contributed by atoms with Crippen LogP contribution in [0.2, 0.25) is 36.3 Å². The maximum Gasteiger partial charge on any atom is 0.219 e. The second kappa shape index (κ2) is 15.9. The fourth-order valence-corrected chi connectivity index (χ4v) is 3.75. The molecular weight excluding hydrogens is 412 g/mol. The average molecular weight is 467 g/mol. The van der Waals surface area contributed by atoms with E-state index >= 15 is 0 Å². The summed E-state index contributed by atoms with van der Waals surface area (Å²) >= 11 is 0. The Morgan fingerprint density at radius 1 is 0.700 bits per heavy atom. The molecule has 0 atom stereocenters. The third-order valence-electron chi connectivity index (χ3n) is 6.27. The summed E-state index contributed by atoms with van der Waals surface area (Å²) in [5.74, 6) is 0. The van der Waals surface area contributed by atoms with Gasteiger partial charge in [-0.05, 0) is 74.8 Å². The van der Waals surface area contributed by atoms with Crippen molar-refractivity contribution >= 4 is 16.6 Å². The van der Waals surface area contributed by atoms with Gasteiger partial charge in [0.15, 0.2) is 8.32 Å². The molecule has 8 heteroatoms. The highest BCUT2D eigenvalue weighted by atomic mass is 28.4. The molecule has 0 unspecified atom stereocenters. The molecule has 0 saturated heterocycles. The lowest BCUT2D eigenvalue weighted by Crippen LogP contribution is -2.45. The van der Waals surface area contributed by atoms with Gasteiger partial charge in [0.1, 0.15) is 0 Å². The van der Waals surface area contributed by atoms with E-state index in [0.29, 0.717) is 11.6 Å². The molecule has 0 aliphatic rings. The largest absolute Gasteiger partial charge is 0.417 e. The number of hydrogen-bond donors (Lipinski definition) is 4. The molecule has 30 heavy (non-hydrogen) atoms. The first-order chi connectivity index (χ1) is 13.6. The number of hydroxylamine groups is 2. The molecule has 0 saturated carbocycles. The van der Waals surface area contributed by atoms with Crippen LogP contribution in [-0.4, -0.2) is 53.3 Å². The predicted molar refractivity (Wildman–Crippen MR) is 134 cm³/mol. The molecular formula is C22H54N2O4Si2. The van der Waals surface area contributed by atoms with Crippen molar-refractivity contribution in [2.24, 2.45) is 0 Å². The Morgan fingerprint density at radius 3 is 1.67 bits per heavy atom. The van der Waals surface area contributed by atoms with Crippen LogP contribution in [0.5, 0.6) is 0 Å². The molecule has 0 fully saturated rings. The summed E-state index contributed by atoms with van der Waals surface area (Å²) in [6.07, 6.45) is 6.23. The van der Waals surface area contributed by atoms with E-state index < -0.39 is 16.6 Å². The van der Waals surface area contributed by atoms with E-state index in [9.17, 15) is 0 Å². The Labute approximate surface area is 189 Å². The maximum absolute atomic E-state index is 8.28. The van der Waals surface area contributed by atoms with Gasteiger partial charge in [0, 0.05) is 26.3 Å². The smallest absolute Gasteiger partial charge is 0.219 e. The van der Waals surface area contributed by atoms with Crippen molar-refractivity contribution in [3.63, 3.8) is 0 Å². The molecule has 0 aliphatic heterocycles. The molecule has 0 heterocycles. The zero-order valence-corrected chi connectivity index (χ0v) is 23.8. The van der Waals surface area contributed by atoms with Crippen molar-refractivity contribution in [1.29, 1.82) is 0 Å². The zero-order chi connectivity index (χ0) is 23.9. The summed E-state index contributed by atoms with van der Waals surface area (Å²) in [6.45, 7) is 25.6. The molecule has 6 nitrogen and oxygen atoms in total. The molecule has 0 rings (SSSR count). The van der Waals surface area contributed by atoms with Crippen molar-refractivity contribution in [2.45, 2.75) is 116 Å². The molecule has 0 aromatic carbocycles. The highest BCUT2D eigenvalue weighted by Gasteiger charge is 2.38. The fourth-order valence-electron chi connectivity index (χ4n) is 1.90. The van der Waals surface area contributed by atoms with Crippen molar-refractivity contribution in [3.05, 3.63) is 0 Å². The quantitative estimate of drug-likeness (QED) is 0.146. The van der Waals surface area contributed by atoms with E-state index in [4.69, 9.17) is 19.3 Å². The van der Waals surface area contributed by atoms with E-state index in [0.717, 1.165) is 45.3 Å². The van der Waals surface area contributed by atoms with E-state index in [-0.39, 0.29) is 11.6 Å². The van der Waals surface area contributed by atoms with Gasteiger partial charge in [-0.15, -0.1) is 0 Å². The minimum atomic E-state index is -1.66. The molecule has 4 N–H and O–H groups in total. The molecule has 0 spiro atoms. The predicted octanol–water partition coefficient (Wildman–Crippen LogP) is 5.83. The zero-order valence-electron chi connectivity index (χ0n) is 21.8. The normalized spacial score (nSPS) is 13.2. The van der Waals surface area contributed by atoms with Gasteiger partial charge in [-0.2, -0.15) is 0 Å². The standard InChI is InChI=1S/C17H41NO2Si2.C5H13NO2/c1-16(2,3)21(7,8)19-15-13-11-12-14-18-20-22(9,10)17(4,5)6;7-5-3-1-2-4-6-8/h18H,11-15H2,1-10H3;6-8H,1-5H2. The summed E-state index contributed by atoms with van der Waals surface area (Å²) in [7, 11) is -3.22. The van der Waals surface area contributed by atoms with E-state index in [1.807, 2.05) is 5.48 Å². The van der Waals surface area contributed by atoms with Crippen LogP contribution in [0.4, 0.5) is 0 Å². The van der Waals surface area contributed by atoms with Gasteiger partial charge in [-0.1, -0.05) is 41.5 Å². The number of aliphatic hydroxyl groups is 1. The highest BCUT2D eigenvalue weighted by Crippen LogP contribution is 2.37. The molecule has 0 radical (unpaired) electrons. The average Bonchev–Trinajstić information content (AvgIpc) is 2.59. The van der Waals surface area contributed by atoms with Crippen LogP contribution < -0.4 is 11.0 Å². The summed E-state index contributed by atoms with van der Waals surface area (Å²) < 4.78 is 12.2. The molecule has 0 aromatic rings. The summed E-state index contributed by atoms with van der Waals surface area (Å²) in [6, 6.07) is 0. The number of nitrogens with one attached hydrogen (secondary N) is 2. The molecule has 0 amide bonds. The van der Waals surface area contributed by atoms with Crippen LogP contribution in [-0.2, 0) is 8.95 Å². The van der Waals surface area contributed by atoms with Crippen molar-refractivity contribution in [3.8, 4) is 0 Å². The van der Waals surface area contributed by atoms with Crippen LogP contribution in [0.1, 0.15) is 80.1 Å². The van der Waals surface area contributed by atoms with Crippen molar-refractivity contribution in [2.75, 3.05) is 26.3 Å². The topological polar surface area (TPSA) is 83.0 Å². The Bertz CT molecular complexity index is 371. The number of unbranched alkanes of at least 4 members (excludes halogenated alkanes) is 4. The SMILES string of the molecule is CC(C)(C)[Si](C)(C)OCCCCCNO[Si](C)(C)C(C)(C)C.OCCCCCNO. The van der Waals surface area contributed by atoms with Crippen LogP contribution >= 0.6 is 0 Å². The van der Waals surface area contributed by atoms with Crippen LogP contribution in [0.25, 0.3) is 0 Å². The second-order valence-corrected chi connectivity index (χ2v) is 20.7. The maximum atomic E-state index is 8.28. The lowest BCUT2D eigenvalue weighted by molar-refractivity contribution is 0.163. The monoisotopic (exact) mass is 466 g/mol. The lowest BCUT2D eigenvalue weighted by atomic mass is 10.2. The lowest BCUT2D eigenvalue weighted by Gasteiger charge is -2.36. The first-order valence-corrected chi connectivity index (χ1v) is 17.5. The first-order valence-electron chi connectivity index (χ1n) is 11.6. The van der Waals surface area contributed by atoms with Gasteiger partial charge >= 0.3 is 0 Å². The van der Waals surface area contributed by atoms with Gasteiger partial charge in [0.25, 0.3) is 0 Å². The van der Waals surface area contributed by atoms with Gasteiger partial charge in [-0.25, -0.2) is 11.0 Å². The number of hydrogen-bond acceptors (Lipinski definition) is 6. The number of rotatable bonds is 14. The molecule has 184 valence electrons. The summed E-state index contributed by atoms with van der Waals surface area (Å²) in [5, 5.41) is 16.9. The van der Waals surface area contributed by atoms with E-state index in [1.54, 1.807) is 0 Å². The van der Waals surface area contributed by atoms with Crippen molar-refractivity contribution < 1.29 is 19.3 Å². The second-order valence-electron chi connectivity index (χ2n) is 11.1. The Morgan fingerprint density at radius 2 is 1.20 bits per heavy atom. The Balaban J connectivity index is 0. The van der Waals surface area contributed by atoms with Crippen LogP contribution in [0.3, 0.4) is 0 Å². The Kier molecular flexibility index (Phi) is 17.2. The van der Waals surface area contributed by atoms with Crippen LogP contribution in [0, 0.1) is 0 Å². The number of aliphatic hydroxyl groups excluding tert-OH is 1. The summed E-state index contributed by atoms with van der Waals surface area (Å²) in [4.78, 5) is 0. The molecule has 0 aliphatic carbocycles. The summed E-state index contributed by atoms with van der Waals surface area (Å²) in [5.41, 5.74) is 5.24. The third-order valence-corrected chi connectivity index (χ3v) is 15.1. The highest BCUT2D eigenvalue weighted by molar-refractivity contribution is 6.74. The van der Waals surface area contributed by atoms with Crippen LogP contribution in [0.15, 0.2) is 0 Å². The molecule has 0 bridgehead atoms. The van der Waals surface area contributed by atoms with Gasteiger partial charge < -0.3 is 19.3 Å². The van der Waals surface area contributed by atoms with E-state index in [1.165, 1.54) is 6.42 Å². The Hall–Kier alpha value is 0.194. The molecule has 0 aromatic heterocycles. The first kappa shape index (κ1) is 32.4. The van der Waals surface area contributed by atoms with Crippen molar-refractivity contribution in [1.82, 2.24) is 11.0 Å². The van der Waals surface area contributed by atoms with Gasteiger partial charge in [0.2, 0.25) is 8.32 Å². The van der Waals surface area contributed by atoms with Gasteiger partial charge in [0.05, 0.1) is 0 Å². The third kappa shape index (κ3) is 15.9. The van der Waals surface area contributed by atoms with E-state index in [2.05, 4.69) is 73.2 Å².